The molecule has 13 aromatic carbocycles. The lowest BCUT2D eigenvalue weighted by Gasteiger charge is -2.32. The van der Waals surface area contributed by atoms with Gasteiger partial charge in [-0.1, -0.05) is 251 Å². The Balaban J connectivity index is 0.839. The molecule has 0 radical (unpaired) electrons. The summed E-state index contributed by atoms with van der Waals surface area (Å²) in [6.45, 7) is 23.6. The van der Waals surface area contributed by atoms with Crippen LogP contribution >= 0.6 is 0 Å². The number of rotatable bonds is 8. The van der Waals surface area contributed by atoms with E-state index in [2.05, 4.69) is 334 Å². The summed E-state index contributed by atoms with van der Waals surface area (Å²) >= 11 is 0. The summed E-state index contributed by atoms with van der Waals surface area (Å²) in [5.74, 6) is 0. The van der Waals surface area contributed by atoms with Gasteiger partial charge in [0.25, 0.3) is 0 Å². The number of furan rings is 2. The molecule has 2 aliphatic carbocycles. The highest BCUT2D eigenvalue weighted by atomic mass is 16.3. The normalized spacial score (nSPS) is 13.9. The quantitative estimate of drug-likeness (QED) is 0.152. The number of fused-ring (bicyclic) bond motifs is 17. The topological polar surface area (TPSA) is 32.8 Å². The lowest BCUT2D eigenvalue weighted by molar-refractivity contribution is 0.595. The highest BCUT2D eigenvalue weighted by Gasteiger charge is 2.49. The SMILES string of the molecule is CC(C)(C)c1ccc(-c2ccc(N(c3ccccc3)c3cc4c(c5oc6ccccc6c35)-c3ccc5c(c3C4(C)C)C(C)(C)c3cc(N(c4ccccc4)c4ccc(-c6ccc(C(C)(C)C)c7ccccc67)cc4)c4c(oc6ccccc64)c3-5)cc2)c2ccccc12. The monoisotopic (exact) mass is 1190 g/mol. The van der Waals surface area contributed by atoms with Gasteiger partial charge in [-0.2, -0.15) is 0 Å². The Morgan fingerprint density at radius 3 is 0.989 bits per heavy atom. The molecule has 0 fully saturated rings. The number of hydrogen-bond donors (Lipinski definition) is 0. The van der Waals surface area contributed by atoms with Gasteiger partial charge in [0.05, 0.1) is 22.1 Å². The molecule has 2 aromatic heterocycles. The molecule has 0 bridgehead atoms. The number of hydrogen-bond acceptors (Lipinski definition) is 4. The maximum Gasteiger partial charge on any atom is 0.145 e. The predicted octanol–water partition coefficient (Wildman–Crippen LogP) is 25.3. The van der Waals surface area contributed by atoms with Crippen molar-refractivity contribution in [2.45, 2.75) is 90.9 Å². The van der Waals surface area contributed by atoms with E-state index >= 15 is 0 Å². The van der Waals surface area contributed by atoms with Crippen LogP contribution in [-0.2, 0) is 21.7 Å². The van der Waals surface area contributed by atoms with Gasteiger partial charge in [0.1, 0.15) is 22.3 Å². The van der Waals surface area contributed by atoms with Crippen molar-refractivity contribution in [3.63, 3.8) is 0 Å². The molecule has 0 amide bonds. The Bertz CT molecular complexity index is 5170. The van der Waals surface area contributed by atoms with Gasteiger partial charge in [-0.3, -0.25) is 0 Å². The van der Waals surface area contributed by atoms with Gasteiger partial charge in [-0.15, -0.1) is 0 Å². The van der Waals surface area contributed by atoms with Crippen LogP contribution < -0.4 is 9.80 Å². The lowest BCUT2D eigenvalue weighted by atomic mass is 9.72. The molecular formula is C88H72N2O2. The Morgan fingerprint density at radius 2 is 0.620 bits per heavy atom. The third-order valence-electron chi connectivity index (χ3n) is 20.4. The summed E-state index contributed by atoms with van der Waals surface area (Å²) in [7, 11) is 0. The zero-order valence-corrected chi connectivity index (χ0v) is 54.0. The molecule has 2 heterocycles. The molecule has 17 rings (SSSR count). The smallest absolute Gasteiger partial charge is 0.145 e. The Kier molecular flexibility index (Phi) is 12.1. The van der Waals surface area contributed by atoms with E-state index in [0.717, 1.165) is 89.1 Å². The molecule has 4 heteroatoms. The average molecular weight is 1190 g/mol. The van der Waals surface area contributed by atoms with Gasteiger partial charge in [0.2, 0.25) is 0 Å². The first-order valence-corrected chi connectivity index (χ1v) is 32.6. The standard InChI is InChI=1S/C88H72N2O2/c1-85(2,3)69-49-47-59(61-29-17-19-31-63(61)69)53-37-41-57(42-38-53)89(55-25-13-11-14-26-55)73-51-71-77(83-79(73)65-33-21-23-35-75(65)91-83)67-45-46-68-78-72(88(9,10)82(68)81(67)87(71,7)8)52-74(80-66-34-22-24-36-76(66)92-84(78)80)90(56-27-15-12-16-28-56)58-43-39-54(40-44-58)60-48-50-70(86(4,5)6)64-32-20-18-30-62(60)64/h11-52H,1-10H3. The van der Waals surface area contributed by atoms with E-state index in [1.807, 2.05) is 0 Å². The fourth-order valence-electron chi connectivity index (χ4n) is 16.2. The third-order valence-corrected chi connectivity index (χ3v) is 20.4. The van der Waals surface area contributed by atoms with Crippen molar-refractivity contribution in [3.05, 3.63) is 288 Å². The molecule has 4 nitrogen and oxygen atoms in total. The van der Waals surface area contributed by atoms with Crippen molar-refractivity contribution < 1.29 is 8.83 Å². The number of nitrogens with zero attached hydrogens (tertiary/aromatic N) is 2. The first kappa shape index (κ1) is 55.6. The van der Waals surface area contributed by atoms with Crippen molar-refractivity contribution in [2.75, 3.05) is 9.80 Å². The number of benzene rings is 13. The van der Waals surface area contributed by atoms with Crippen molar-refractivity contribution in [1.29, 1.82) is 0 Å². The molecular weight excluding hydrogens is 1120 g/mol. The highest BCUT2D eigenvalue weighted by Crippen LogP contribution is 2.64. The van der Waals surface area contributed by atoms with Crippen LogP contribution in [0.1, 0.15) is 103 Å². The van der Waals surface area contributed by atoms with Crippen molar-refractivity contribution in [3.8, 4) is 44.5 Å². The number of para-hydroxylation sites is 4. The lowest BCUT2D eigenvalue weighted by Crippen LogP contribution is -2.24. The first-order chi connectivity index (χ1) is 44.4. The van der Waals surface area contributed by atoms with Gasteiger partial charge < -0.3 is 18.6 Å². The summed E-state index contributed by atoms with van der Waals surface area (Å²) in [5.41, 5.74) is 26.5. The van der Waals surface area contributed by atoms with Crippen LogP contribution in [-0.4, -0.2) is 0 Å². The van der Waals surface area contributed by atoms with Crippen molar-refractivity contribution in [2.24, 2.45) is 0 Å². The maximum absolute atomic E-state index is 7.33. The molecule has 446 valence electrons. The Hall–Kier alpha value is -10.4. The molecule has 0 atom stereocenters. The number of anilines is 6. The van der Waals surface area contributed by atoms with Gasteiger partial charge in [-0.05, 0) is 172 Å². The van der Waals surface area contributed by atoms with Crippen LogP contribution in [0.3, 0.4) is 0 Å². The fourth-order valence-corrected chi connectivity index (χ4v) is 16.2. The molecule has 0 saturated heterocycles. The van der Waals surface area contributed by atoms with Crippen LogP contribution in [0, 0.1) is 0 Å². The summed E-state index contributed by atoms with van der Waals surface area (Å²) in [5, 5.41) is 9.50. The van der Waals surface area contributed by atoms with Gasteiger partial charge in [0.15, 0.2) is 0 Å². The molecule has 0 saturated carbocycles. The second-order valence-corrected chi connectivity index (χ2v) is 28.8. The van der Waals surface area contributed by atoms with E-state index in [0.29, 0.717) is 0 Å². The van der Waals surface area contributed by atoms with Crippen LogP contribution in [0.25, 0.3) is 110 Å². The molecule has 0 aliphatic heterocycles. The fraction of sp³-hybridized carbons (Fsp3) is 0.159. The average Bonchev–Trinajstić information content (AvgIpc) is 1.51. The molecule has 92 heavy (non-hydrogen) atoms. The first-order valence-electron chi connectivity index (χ1n) is 32.6. The second-order valence-electron chi connectivity index (χ2n) is 28.8. The third kappa shape index (κ3) is 8.21. The zero-order chi connectivity index (χ0) is 62.7. The highest BCUT2D eigenvalue weighted by molar-refractivity contribution is 6.22. The summed E-state index contributed by atoms with van der Waals surface area (Å²) < 4.78 is 14.7. The summed E-state index contributed by atoms with van der Waals surface area (Å²) in [4.78, 5) is 4.91. The Labute approximate surface area is 538 Å². The summed E-state index contributed by atoms with van der Waals surface area (Å²) in [6, 6.07) is 94.2. The minimum absolute atomic E-state index is 0.0123. The van der Waals surface area contributed by atoms with Gasteiger partial charge in [-0.25, -0.2) is 0 Å². The second kappa shape index (κ2) is 20.0. The Morgan fingerprint density at radius 1 is 0.304 bits per heavy atom. The van der Waals surface area contributed by atoms with Crippen LogP contribution in [0.5, 0.6) is 0 Å². The molecule has 2 aliphatic rings. The van der Waals surface area contributed by atoms with Crippen molar-refractivity contribution >= 4 is 99.5 Å². The summed E-state index contributed by atoms with van der Waals surface area (Å²) in [6.07, 6.45) is 0. The van der Waals surface area contributed by atoms with Gasteiger partial charge >= 0.3 is 0 Å². The molecule has 0 unspecified atom stereocenters. The maximum atomic E-state index is 7.33. The largest absolute Gasteiger partial charge is 0.455 e. The van der Waals surface area contributed by atoms with E-state index in [1.165, 1.54) is 88.3 Å². The zero-order valence-electron chi connectivity index (χ0n) is 54.0. The predicted molar refractivity (Wildman–Crippen MR) is 389 cm³/mol. The van der Waals surface area contributed by atoms with Crippen LogP contribution in [0.15, 0.2) is 264 Å². The van der Waals surface area contributed by atoms with Crippen molar-refractivity contribution in [1.82, 2.24) is 0 Å². The van der Waals surface area contributed by atoms with Crippen LogP contribution in [0.2, 0.25) is 0 Å². The molecule has 0 spiro atoms. The van der Waals surface area contributed by atoms with E-state index in [-0.39, 0.29) is 10.8 Å². The van der Waals surface area contributed by atoms with Gasteiger partial charge in [0, 0.05) is 55.5 Å². The minimum atomic E-state index is -0.476. The molecule has 15 aromatic rings. The van der Waals surface area contributed by atoms with E-state index in [4.69, 9.17) is 8.83 Å². The molecule has 0 N–H and O–H groups in total. The minimum Gasteiger partial charge on any atom is -0.455 e. The van der Waals surface area contributed by atoms with Crippen LogP contribution in [0.4, 0.5) is 34.1 Å². The van der Waals surface area contributed by atoms with E-state index < -0.39 is 10.8 Å². The van der Waals surface area contributed by atoms with E-state index in [1.54, 1.807) is 0 Å². The van der Waals surface area contributed by atoms with E-state index in [9.17, 15) is 0 Å².